The molecule has 0 fully saturated rings. The van der Waals surface area contributed by atoms with Gasteiger partial charge < -0.3 is 9.84 Å². The molecule has 1 N–H and O–H groups in total. The van der Waals surface area contributed by atoms with E-state index in [-0.39, 0.29) is 4.83 Å². The van der Waals surface area contributed by atoms with Crippen LogP contribution in [0.3, 0.4) is 0 Å². The molecular weight excluding hydrogens is 316 g/mol. The molecule has 1 aromatic rings. The van der Waals surface area contributed by atoms with E-state index in [9.17, 15) is 5.11 Å². The van der Waals surface area contributed by atoms with Crippen molar-refractivity contribution in [3.63, 3.8) is 0 Å². The van der Waals surface area contributed by atoms with Crippen molar-refractivity contribution < 1.29 is 9.84 Å². The van der Waals surface area contributed by atoms with E-state index in [1.807, 2.05) is 32.0 Å². The van der Waals surface area contributed by atoms with Crippen molar-refractivity contribution in [2.45, 2.75) is 57.1 Å². The fourth-order valence-electron chi connectivity index (χ4n) is 1.98. The second kappa shape index (κ2) is 8.81. The van der Waals surface area contributed by atoms with Gasteiger partial charge >= 0.3 is 0 Å². The summed E-state index contributed by atoms with van der Waals surface area (Å²) >= 11 is 3.56. The van der Waals surface area contributed by atoms with Gasteiger partial charge in [0.15, 0.2) is 0 Å². The smallest absolute Gasteiger partial charge is 0.0716 e. The summed E-state index contributed by atoms with van der Waals surface area (Å²) in [6.45, 7) is 7.43. The highest BCUT2D eigenvalue weighted by atomic mass is 79.9. The lowest BCUT2D eigenvalue weighted by Gasteiger charge is -2.25. The van der Waals surface area contributed by atoms with Gasteiger partial charge in [0.1, 0.15) is 0 Å². The number of hydrogen-bond acceptors (Lipinski definition) is 2. The van der Waals surface area contributed by atoms with Gasteiger partial charge in [-0.15, -0.1) is 0 Å². The largest absolute Gasteiger partial charge is 0.389 e. The summed E-state index contributed by atoms with van der Waals surface area (Å²) in [4.78, 5) is 0.155. The first-order valence-corrected chi connectivity index (χ1v) is 8.29. The summed E-state index contributed by atoms with van der Waals surface area (Å²) in [6.07, 6.45) is 3.16. The van der Waals surface area contributed by atoms with Crippen LogP contribution in [0, 0.1) is 5.92 Å². The van der Waals surface area contributed by atoms with E-state index in [0.717, 1.165) is 25.9 Å². The van der Waals surface area contributed by atoms with Crippen molar-refractivity contribution >= 4 is 15.9 Å². The Morgan fingerprint density at radius 1 is 1.15 bits per heavy atom. The first-order chi connectivity index (χ1) is 9.39. The maximum absolute atomic E-state index is 9.87. The Morgan fingerprint density at radius 3 is 2.40 bits per heavy atom. The molecule has 0 spiro atoms. The Morgan fingerprint density at radius 2 is 1.80 bits per heavy atom. The molecule has 3 heteroatoms. The highest BCUT2D eigenvalue weighted by Crippen LogP contribution is 2.24. The van der Waals surface area contributed by atoms with Gasteiger partial charge in [-0.1, -0.05) is 53.2 Å². The van der Waals surface area contributed by atoms with Gasteiger partial charge in [0.2, 0.25) is 0 Å². The zero-order valence-corrected chi connectivity index (χ0v) is 14.4. The average Bonchev–Trinajstić information content (AvgIpc) is 2.41. The lowest BCUT2D eigenvalue weighted by atomic mass is 9.95. The van der Waals surface area contributed by atoms with Crippen LogP contribution in [0.15, 0.2) is 30.3 Å². The van der Waals surface area contributed by atoms with E-state index in [1.54, 1.807) is 0 Å². The summed E-state index contributed by atoms with van der Waals surface area (Å²) in [5.41, 5.74) is 0.575. The zero-order chi connectivity index (χ0) is 15.0. The SMILES string of the molecule is CC(CCOCc1ccccc1)CCC(Br)C(C)(C)O. The fourth-order valence-corrected chi connectivity index (χ4v) is 2.24. The Balaban J connectivity index is 2.10. The average molecular weight is 343 g/mol. The normalized spacial score (nSPS) is 15.1. The number of rotatable bonds is 9. The van der Waals surface area contributed by atoms with Gasteiger partial charge in [0.25, 0.3) is 0 Å². The van der Waals surface area contributed by atoms with Crippen molar-refractivity contribution in [2.24, 2.45) is 5.92 Å². The molecule has 1 aromatic carbocycles. The molecule has 0 bridgehead atoms. The molecule has 0 amide bonds. The fraction of sp³-hybridized carbons (Fsp3) is 0.647. The van der Waals surface area contributed by atoms with Crippen LogP contribution in [-0.4, -0.2) is 22.1 Å². The van der Waals surface area contributed by atoms with Crippen molar-refractivity contribution in [2.75, 3.05) is 6.61 Å². The second-order valence-electron chi connectivity index (χ2n) is 6.13. The summed E-state index contributed by atoms with van der Waals surface area (Å²) < 4.78 is 5.70. The molecular formula is C17H27BrO2. The van der Waals surface area contributed by atoms with E-state index < -0.39 is 5.60 Å². The molecule has 0 saturated carbocycles. The van der Waals surface area contributed by atoms with Gasteiger partial charge in [0.05, 0.1) is 12.2 Å². The minimum absolute atomic E-state index is 0.155. The van der Waals surface area contributed by atoms with E-state index >= 15 is 0 Å². The third-order valence-corrected chi connectivity index (χ3v) is 5.12. The van der Waals surface area contributed by atoms with E-state index in [4.69, 9.17) is 4.74 Å². The Kier molecular flexibility index (Phi) is 7.78. The molecule has 0 heterocycles. The van der Waals surface area contributed by atoms with E-state index in [2.05, 4.69) is 35.0 Å². The zero-order valence-electron chi connectivity index (χ0n) is 12.8. The summed E-state index contributed by atoms with van der Waals surface area (Å²) in [6, 6.07) is 10.3. The molecule has 2 nitrogen and oxygen atoms in total. The molecule has 0 saturated heterocycles. The number of benzene rings is 1. The van der Waals surface area contributed by atoms with Gasteiger partial charge in [-0.3, -0.25) is 0 Å². The van der Waals surface area contributed by atoms with Crippen LogP contribution >= 0.6 is 15.9 Å². The summed E-state index contributed by atoms with van der Waals surface area (Å²) in [7, 11) is 0. The summed E-state index contributed by atoms with van der Waals surface area (Å²) in [5, 5.41) is 9.87. The topological polar surface area (TPSA) is 29.5 Å². The second-order valence-corrected chi connectivity index (χ2v) is 7.24. The molecule has 0 radical (unpaired) electrons. The molecule has 0 aliphatic carbocycles. The van der Waals surface area contributed by atoms with Gasteiger partial charge in [-0.2, -0.15) is 0 Å². The lowest BCUT2D eigenvalue weighted by molar-refractivity contribution is 0.0739. The number of hydrogen-bond donors (Lipinski definition) is 1. The highest BCUT2D eigenvalue weighted by Gasteiger charge is 2.23. The van der Waals surface area contributed by atoms with Crippen molar-refractivity contribution in [1.82, 2.24) is 0 Å². The van der Waals surface area contributed by atoms with E-state index in [1.165, 1.54) is 5.56 Å². The minimum Gasteiger partial charge on any atom is -0.389 e. The maximum atomic E-state index is 9.87. The Bertz CT molecular complexity index is 359. The molecule has 0 aliphatic rings. The third-order valence-electron chi connectivity index (χ3n) is 3.55. The lowest BCUT2D eigenvalue weighted by Crippen LogP contribution is -2.31. The van der Waals surface area contributed by atoms with Crippen LogP contribution < -0.4 is 0 Å². The predicted molar refractivity (Wildman–Crippen MR) is 88.1 cm³/mol. The number of aliphatic hydroxyl groups is 1. The quantitative estimate of drug-likeness (QED) is 0.527. The monoisotopic (exact) mass is 342 g/mol. The molecule has 114 valence electrons. The van der Waals surface area contributed by atoms with Crippen LogP contribution in [-0.2, 0) is 11.3 Å². The molecule has 2 unspecified atom stereocenters. The highest BCUT2D eigenvalue weighted by molar-refractivity contribution is 9.09. The molecule has 2 atom stereocenters. The predicted octanol–water partition coefficient (Wildman–Crippen LogP) is 4.54. The van der Waals surface area contributed by atoms with Gasteiger partial charge in [-0.05, 0) is 44.6 Å². The number of ether oxygens (including phenoxy) is 1. The first-order valence-electron chi connectivity index (χ1n) is 7.37. The molecule has 20 heavy (non-hydrogen) atoms. The van der Waals surface area contributed by atoms with Gasteiger partial charge in [-0.25, -0.2) is 0 Å². The van der Waals surface area contributed by atoms with Crippen LogP contribution in [0.1, 0.15) is 45.6 Å². The van der Waals surface area contributed by atoms with E-state index in [0.29, 0.717) is 12.5 Å². The van der Waals surface area contributed by atoms with Gasteiger partial charge in [0, 0.05) is 11.4 Å². The van der Waals surface area contributed by atoms with Crippen molar-refractivity contribution in [3.8, 4) is 0 Å². The molecule has 0 aliphatic heterocycles. The standard InChI is InChI=1S/C17H27BrO2/c1-14(9-10-16(18)17(2,3)19)11-12-20-13-15-7-5-4-6-8-15/h4-8,14,16,19H,9-13H2,1-3H3. The maximum Gasteiger partial charge on any atom is 0.0716 e. The molecule has 1 rings (SSSR count). The number of alkyl halides is 1. The third kappa shape index (κ3) is 7.41. The van der Waals surface area contributed by atoms with Crippen molar-refractivity contribution in [3.05, 3.63) is 35.9 Å². The molecule has 0 aromatic heterocycles. The number of halogens is 1. The summed E-state index contributed by atoms with van der Waals surface area (Å²) in [5.74, 6) is 0.619. The first kappa shape index (κ1) is 17.7. The van der Waals surface area contributed by atoms with Crippen LogP contribution in [0.4, 0.5) is 0 Å². The van der Waals surface area contributed by atoms with Crippen LogP contribution in [0.5, 0.6) is 0 Å². The van der Waals surface area contributed by atoms with Crippen LogP contribution in [0.25, 0.3) is 0 Å². The Hall–Kier alpha value is -0.380. The Labute approximate surface area is 131 Å². The van der Waals surface area contributed by atoms with Crippen LogP contribution in [0.2, 0.25) is 0 Å². The minimum atomic E-state index is -0.649. The van der Waals surface area contributed by atoms with Crippen molar-refractivity contribution in [1.29, 1.82) is 0 Å².